The Hall–Kier alpha value is -8.28. The SMILES string of the molecule is c1ccc(-n2c(-c3ccc(-c4ccc5c(c4)c4cc(-c6ccc(-c7nc8ccccc8n7-c7ccccc7)cc6)ccc4n5-c4ccccc4)cc3)nc3ccccc32)cc1. The molecule has 12 aromatic rings. The lowest BCUT2D eigenvalue weighted by Gasteiger charge is -2.11. The fourth-order valence-electron chi connectivity index (χ4n) is 8.98. The number of hydrogen-bond donors (Lipinski definition) is 0. The molecular formula is C56H37N5. The van der Waals surface area contributed by atoms with Crippen molar-refractivity contribution in [1.82, 2.24) is 23.7 Å². The summed E-state index contributed by atoms with van der Waals surface area (Å²) in [5.41, 5.74) is 16.6. The standard InChI is InChI=1S/C56H37N5/c1-4-14-44(15-5-1)59-51-34-32-42(38-24-28-40(29-25-38)55-57-49-20-10-12-22-53(49)60(55)45-16-6-2-7-17-45)36-47(51)48-37-43(33-35-52(48)59)39-26-30-41(31-27-39)56-58-50-21-11-13-23-54(50)61(56)46-18-8-3-9-19-46/h1-37H. The number of hydrogen-bond acceptors (Lipinski definition) is 2. The highest BCUT2D eigenvalue weighted by Gasteiger charge is 2.18. The van der Waals surface area contributed by atoms with Crippen molar-refractivity contribution in [3.8, 4) is 62.1 Å². The van der Waals surface area contributed by atoms with Crippen LogP contribution in [0.5, 0.6) is 0 Å². The molecule has 5 heteroatoms. The van der Waals surface area contributed by atoms with E-state index in [1.54, 1.807) is 0 Å². The zero-order valence-corrected chi connectivity index (χ0v) is 33.1. The summed E-state index contributed by atoms with van der Waals surface area (Å²) in [5, 5.41) is 2.42. The fourth-order valence-corrected chi connectivity index (χ4v) is 8.98. The van der Waals surface area contributed by atoms with Gasteiger partial charge in [-0.15, -0.1) is 0 Å². The predicted octanol–water partition coefficient (Wildman–Crippen LogP) is 14.1. The number of nitrogens with zero attached hydrogens (tertiary/aromatic N) is 5. The second-order valence-electron chi connectivity index (χ2n) is 15.5. The van der Waals surface area contributed by atoms with E-state index in [2.05, 4.69) is 226 Å². The molecule has 0 N–H and O–H groups in total. The van der Waals surface area contributed by atoms with E-state index < -0.39 is 0 Å². The number of aromatic nitrogens is 5. The van der Waals surface area contributed by atoms with E-state index in [-0.39, 0.29) is 0 Å². The molecule has 0 unspecified atom stereocenters. The highest BCUT2D eigenvalue weighted by molar-refractivity contribution is 6.11. The van der Waals surface area contributed by atoms with Crippen LogP contribution in [0, 0.1) is 0 Å². The number of benzene rings is 9. The molecule has 0 aliphatic rings. The summed E-state index contributed by atoms with van der Waals surface area (Å²) in [4.78, 5) is 10.2. The number of imidazole rings is 2. The maximum absolute atomic E-state index is 5.10. The molecule has 5 nitrogen and oxygen atoms in total. The first-order valence-corrected chi connectivity index (χ1v) is 20.7. The Morgan fingerprint density at radius 3 is 0.984 bits per heavy atom. The molecule has 61 heavy (non-hydrogen) atoms. The van der Waals surface area contributed by atoms with Gasteiger partial charge in [-0.2, -0.15) is 0 Å². The lowest BCUT2D eigenvalue weighted by Crippen LogP contribution is -1.97. The van der Waals surface area contributed by atoms with Crippen molar-refractivity contribution in [3.63, 3.8) is 0 Å². The number of fused-ring (bicyclic) bond motifs is 5. The zero-order chi connectivity index (χ0) is 40.3. The van der Waals surface area contributed by atoms with Crippen molar-refractivity contribution in [2.24, 2.45) is 0 Å². The molecule has 9 aromatic carbocycles. The molecule has 3 heterocycles. The van der Waals surface area contributed by atoms with E-state index in [1.807, 2.05) is 12.1 Å². The molecule has 3 aromatic heterocycles. The van der Waals surface area contributed by atoms with Crippen LogP contribution in [0.3, 0.4) is 0 Å². The summed E-state index contributed by atoms with van der Waals surface area (Å²) in [6.45, 7) is 0. The normalized spacial score (nSPS) is 11.6. The average Bonchev–Trinajstić information content (AvgIpc) is 4.02. The molecule has 0 radical (unpaired) electrons. The molecule has 0 spiro atoms. The predicted molar refractivity (Wildman–Crippen MR) is 252 cm³/mol. The molecule has 0 fully saturated rings. The number of para-hydroxylation sites is 7. The van der Waals surface area contributed by atoms with Gasteiger partial charge in [0.25, 0.3) is 0 Å². The van der Waals surface area contributed by atoms with Crippen LogP contribution in [0.1, 0.15) is 0 Å². The highest BCUT2D eigenvalue weighted by Crippen LogP contribution is 2.39. The van der Waals surface area contributed by atoms with Crippen molar-refractivity contribution < 1.29 is 0 Å². The van der Waals surface area contributed by atoms with Crippen LogP contribution in [-0.4, -0.2) is 23.7 Å². The van der Waals surface area contributed by atoms with E-state index >= 15 is 0 Å². The van der Waals surface area contributed by atoms with Gasteiger partial charge in [-0.05, 0) is 107 Å². The third kappa shape index (κ3) is 5.86. The van der Waals surface area contributed by atoms with Crippen LogP contribution >= 0.6 is 0 Å². The van der Waals surface area contributed by atoms with Gasteiger partial charge in [-0.3, -0.25) is 9.13 Å². The highest BCUT2D eigenvalue weighted by atomic mass is 15.1. The van der Waals surface area contributed by atoms with Crippen LogP contribution in [0.15, 0.2) is 224 Å². The van der Waals surface area contributed by atoms with Crippen molar-refractivity contribution in [2.75, 3.05) is 0 Å². The molecule has 12 rings (SSSR count). The van der Waals surface area contributed by atoms with Crippen LogP contribution in [0.25, 0.3) is 106 Å². The van der Waals surface area contributed by atoms with Gasteiger partial charge in [0.05, 0.1) is 33.1 Å². The van der Waals surface area contributed by atoms with E-state index in [1.165, 1.54) is 32.9 Å². The van der Waals surface area contributed by atoms with Crippen LogP contribution in [-0.2, 0) is 0 Å². The Kier molecular flexibility index (Phi) is 8.10. The quantitative estimate of drug-likeness (QED) is 0.162. The number of rotatable bonds is 7. The topological polar surface area (TPSA) is 40.6 Å². The lowest BCUT2D eigenvalue weighted by atomic mass is 9.99. The van der Waals surface area contributed by atoms with Crippen LogP contribution in [0.2, 0.25) is 0 Å². The molecule has 0 saturated heterocycles. The first-order valence-electron chi connectivity index (χ1n) is 20.7. The molecule has 0 aliphatic heterocycles. The zero-order valence-electron chi connectivity index (χ0n) is 33.1. The third-order valence-electron chi connectivity index (χ3n) is 11.9. The Morgan fingerprint density at radius 2 is 0.574 bits per heavy atom. The van der Waals surface area contributed by atoms with Gasteiger partial charge >= 0.3 is 0 Å². The van der Waals surface area contributed by atoms with Crippen LogP contribution < -0.4 is 0 Å². The smallest absolute Gasteiger partial charge is 0.145 e. The van der Waals surface area contributed by atoms with E-state index in [4.69, 9.17) is 9.97 Å². The molecule has 0 saturated carbocycles. The van der Waals surface area contributed by atoms with Crippen molar-refractivity contribution in [1.29, 1.82) is 0 Å². The monoisotopic (exact) mass is 779 g/mol. The Balaban J connectivity index is 0.947. The molecule has 0 bridgehead atoms. The second kappa shape index (κ2) is 14.2. The summed E-state index contributed by atoms with van der Waals surface area (Å²) in [5.74, 6) is 1.85. The summed E-state index contributed by atoms with van der Waals surface area (Å²) in [7, 11) is 0. The third-order valence-corrected chi connectivity index (χ3v) is 11.9. The molecule has 286 valence electrons. The van der Waals surface area contributed by atoms with Gasteiger partial charge in [0.15, 0.2) is 0 Å². The van der Waals surface area contributed by atoms with Crippen LogP contribution in [0.4, 0.5) is 0 Å². The van der Waals surface area contributed by atoms with Gasteiger partial charge in [0, 0.05) is 39.0 Å². The minimum absolute atomic E-state index is 0.927. The van der Waals surface area contributed by atoms with Gasteiger partial charge in [0.2, 0.25) is 0 Å². The second-order valence-corrected chi connectivity index (χ2v) is 15.5. The Labute approximate surface area is 352 Å². The Bertz CT molecular complexity index is 3320. The fraction of sp³-hybridized carbons (Fsp3) is 0. The van der Waals surface area contributed by atoms with Gasteiger partial charge in [-0.25, -0.2) is 9.97 Å². The average molecular weight is 780 g/mol. The minimum atomic E-state index is 0.927. The van der Waals surface area contributed by atoms with Gasteiger partial charge in [0.1, 0.15) is 11.6 Å². The first kappa shape index (κ1) is 34.7. The van der Waals surface area contributed by atoms with Crippen molar-refractivity contribution in [3.05, 3.63) is 224 Å². The van der Waals surface area contributed by atoms with Gasteiger partial charge < -0.3 is 4.57 Å². The summed E-state index contributed by atoms with van der Waals surface area (Å²) in [6, 6.07) is 79.7. The summed E-state index contributed by atoms with van der Waals surface area (Å²) < 4.78 is 6.88. The molecule has 0 aliphatic carbocycles. The minimum Gasteiger partial charge on any atom is -0.309 e. The van der Waals surface area contributed by atoms with Crippen molar-refractivity contribution >= 4 is 43.9 Å². The summed E-state index contributed by atoms with van der Waals surface area (Å²) in [6.07, 6.45) is 0. The summed E-state index contributed by atoms with van der Waals surface area (Å²) >= 11 is 0. The largest absolute Gasteiger partial charge is 0.309 e. The maximum atomic E-state index is 5.10. The van der Waals surface area contributed by atoms with E-state index in [0.29, 0.717) is 0 Å². The molecular weight excluding hydrogens is 743 g/mol. The first-order chi connectivity index (χ1) is 30.2. The van der Waals surface area contributed by atoms with E-state index in [0.717, 1.165) is 73.0 Å². The molecule has 0 atom stereocenters. The van der Waals surface area contributed by atoms with Crippen molar-refractivity contribution in [2.45, 2.75) is 0 Å². The lowest BCUT2D eigenvalue weighted by molar-refractivity contribution is 1.10. The van der Waals surface area contributed by atoms with E-state index in [9.17, 15) is 0 Å². The van der Waals surface area contributed by atoms with Gasteiger partial charge in [-0.1, -0.05) is 140 Å². The maximum Gasteiger partial charge on any atom is 0.145 e. The Morgan fingerprint density at radius 1 is 0.246 bits per heavy atom. The molecule has 0 amide bonds.